The van der Waals surface area contributed by atoms with E-state index in [-0.39, 0.29) is 5.78 Å². The van der Waals surface area contributed by atoms with Gasteiger partial charge in [-0.05, 0) is 29.6 Å². The highest BCUT2D eigenvalue weighted by Gasteiger charge is 2.18. The summed E-state index contributed by atoms with van der Waals surface area (Å²) in [5, 5.41) is 17.4. The van der Waals surface area contributed by atoms with Crippen molar-refractivity contribution in [1.82, 2.24) is 14.6 Å². The number of hydrogen-bond donors (Lipinski definition) is 2. The first-order chi connectivity index (χ1) is 12.6. The fraction of sp³-hybridized carbons (Fsp3) is 0. The van der Waals surface area contributed by atoms with Crippen molar-refractivity contribution in [3.63, 3.8) is 0 Å². The Morgan fingerprint density at radius 2 is 2.04 bits per heavy atom. The lowest BCUT2D eigenvalue weighted by Crippen LogP contribution is -2.07. The standard InChI is InChI=1S/C18H12N4O3S/c23-16(15-5-2-8-26-15)13-10-20-22-14(6-7-19-17(13)22)11-3-1-4-12(9-11)21-18(24)25/h1-10,21H,(H,24,25). The summed E-state index contributed by atoms with van der Waals surface area (Å²) >= 11 is 1.37. The molecule has 0 aliphatic carbocycles. The van der Waals surface area contributed by atoms with E-state index in [1.807, 2.05) is 17.5 Å². The maximum atomic E-state index is 12.6. The number of rotatable bonds is 4. The van der Waals surface area contributed by atoms with Gasteiger partial charge in [-0.15, -0.1) is 11.3 Å². The average molecular weight is 364 g/mol. The summed E-state index contributed by atoms with van der Waals surface area (Å²) in [6, 6.07) is 12.3. The molecule has 128 valence electrons. The smallest absolute Gasteiger partial charge is 0.409 e. The molecule has 0 atom stereocenters. The molecule has 0 unspecified atom stereocenters. The van der Waals surface area contributed by atoms with Crippen LogP contribution < -0.4 is 5.32 Å². The lowest BCUT2D eigenvalue weighted by Gasteiger charge is -2.07. The summed E-state index contributed by atoms with van der Waals surface area (Å²) in [4.78, 5) is 28.4. The van der Waals surface area contributed by atoms with Gasteiger partial charge < -0.3 is 5.11 Å². The second kappa shape index (κ2) is 6.41. The highest BCUT2D eigenvalue weighted by atomic mass is 32.1. The molecule has 3 aromatic heterocycles. The van der Waals surface area contributed by atoms with Gasteiger partial charge in [0.2, 0.25) is 5.78 Å². The molecule has 1 amide bonds. The van der Waals surface area contributed by atoms with Crippen molar-refractivity contribution < 1.29 is 14.7 Å². The first-order valence-electron chi connectivity index (χ1n) is 7.65. The summed E-state index contributed by atoms with van der Waals surface area (Å²) in [5.74, 6) is -0.124. The van der Waals surface area contributed by atoms with Crippen molar-refractivity contribution in [2.24, 2.45) is 0 Å². The zero-order chi connectivity index (χ0) is 18.1. The van der Waals surface area contributed by atoms with E-state index >= 15 is 0 Å². The van der Waals surface area contributed by atoms with Gasteiger partial charge in [-0.25, -0.2) is 14.3 Å². The van der Waals surface area contributed by atoms with Crippen molar-refractivity contribution in [2.45, 2.75) is 0 Å². The van der Waals surface area contributed by atoms with E-state index in [1.165, 1.54) is 17.5 Å². The Morgan fingerprint density at radius 3 is 2.81 bits per heavy atom. The van der Waals surface area contributed by atoms with Gasteiger partial charge in [-0.3, -0.25) is 10.1 Å². The fourth-order valence-electron chi connectivity index (χ4n) is 2.69. The van der Waals surface area contributed by atoms with Crippen molar-refractivity contribution in [2.75, 3.05) is 5.32 Å². The third kappa shape index (κ3) is 2.82. The molecule has 0 radical (unpaired) electrons. The molecule has 4 aromatic rings. The summed E-state index contributed by atoms with van der Waals surface area (Å²) in [7, 11) is 0. The van der Waals surface area contributed by atoms with E-state index in [4.69, 9.17) is 5.11 Å². The van der Waals surface area contributed by atoms with Crippen molar-refractivity contribution in [3.05, 3.63) is 70.7 Å². The highest BCUT2D eigenvalue weighted by molar-refractivity contribution is 7.12. The minimum atomic E-state index is -1.13. The number of nitrogens with one attached hydrogen (secondary N) is 1. The van der Waals surface area contributed by atoms with Gasteiger partial charge in [0.1, 0.15) is 0 Å². The quantitative estimate of drug-likeness (QED) is 0.537. The Labute approximate surface area is 151 Å². The Hall–Kier alpha value is -3.52. The molecule has 4 rings (SSSR count). The van der Waals surface area contributed by atoms with Crippen LogP contribution in [0.4, 0.5) is 10.5 Å². The van der Waals surface area contributed by atoms with Crippen LogP contribution in [0, 0.1) is 0 Å². The number of carboxylic acid groups (broad SMARTS) is 1. The molecule has 8 heteroatoms. The number of carbonyl (C=O) groups is 2. The van der Waals surface area contributed by atoms with E-state index in [1.54, 1.807) is 41.0 Å². The number of nitrogens with zero attached hydrogens (tertiary/aromatic N) is 3. The summed E-state index contributed by atoms with van der Waals surface area (Å²) in [6.45, 7) is 0. The number of fused-ring (bicyclic) bond motifs is 1. The number of aromatic nitrogens is 3. The summed E-state index contributed by atoms with van der Waals surface area (Å²) < 4.78 is 1.58. The molecule has 2 N–H and O–H groups in total. The molecule has 0 saturated carbocycles. The summed E-state index contributed by atoms with van der Waals surface area (Å²) in [5.41, 5.74) is 2.78. The van der Waals surface area contributed by atoms with Crippen LogP contribution in [-0.4, -0.2) is 31.6 Å². The molecule has 0 bridgehead atoms. The van der Waals surface area contributed by atoms with E-state index in [9.17, 15) is 9.59 Å². The number of thiophene rings is 1. The monoisotopic (exact) mass is 364 g/mol. The molecule has 1 aromatic carbocycles. The number of hydrogen-bond acceptors (Lipinski definition) is 5. The predicted octanol–water partition coefficient (Wildman–Crippen LogP) is 3.78. The second-order valence-corrected chi connectivity index (χ2v) is 6.39. The first-order valence-corrected chi connectivity index (χ1v) is 8.53. The predicted molar refractivity (Wildman–Crippen MR) is 97.8 cm³/mol. The third-order valence-corrected chi connectivity index (χ3v) is 4.67. The number of ketones is 1. The van der Waals surface area contributed by atoms with Crippen LogP contribution >= 0.6 is 11.3 Å². The molecule has 3 heterocycles. The minimum absolute atomic E-state index is 0.124. The van der Waals surface area contributed by atoms with Crippen LogP contribution in [-0.2, 0) is 0 Å². The molecular formula is C18H12N4O3S. The average Bonchev–Trinajstić information content (AvgIpc) is 3.30. The molecule has 0 saturated heterocycles. The SMILES string of the molecule is O=C(O)Nc1cccc(-c2ccnc3c(C(=O)c4cccs4)cnn23)c1. The van der Waals surface area contributed by atoms with Crippen LogP contribution in [0.1, 0.15) is 15.2 Å². The maximum absolute atomic E-state index is 12.6. The van der Waals surface area contributed by atoms with E-state index in [0.29, 0.717) is 27.5 Å². The molecule has 7 nitrogen and oxygen atoms in total. The lowest BCUT2D eigenvalue weighted by molar-refractivity contribution is 0.104. The van der Waals surface area contributed by atoms with E-state index in [0.717, 1.165) is 5.56 Å². The van der Waals surface area contributed by atoms with Crippen LogP contribution in [0.2, 0.25) is 0 Å². The van der Waals surface area contributed by atoms with Gasteiger partial charge in [0, 0.05) is 17.4 Å². The first kappa shape index (κ1) is 16.0. The largest absolute Gasteiger partial charge is 0.465 e. The molecule has 26 heavy (non-hydrogen) atoms. The summed E-state index contributed by atoms with van der Waals surface area (Å²) in [6.07, 6.45) is 1.98. The molecular weight excluding hydrogens is 352 g/mol. The number of amides is 1. The van der Waals surface area contributed by atoms with Gasteiger partial charge >= 0.3 is 6.09 Å². The maximum Gasteiger partial charge on any atom is 0.409 e. The molecule has 0 spiro atoms. The minimum Gasteiger partial charge on any atom is -0.465 e. The Balaban J connectivity index is 1.81. The number of benzene rings is 1. The normalized spacial score (nSPS) is 10.8. The van der Waals surface area contributed by atoms with Gasteiger partial charge in [0.05, 0.1) is 22.3 Å². The van der Waals surface area contributed by atoms with Crippen LogP contribution in [0.25, 0.3) is 16.9 Å². The third-order valence-electron chi connectivity index (χ3n) is 3.80. The Morgan fingerprint density at radius 1 is 1.15 bits per heavy atom. The fourth-order valence-corrected chi connectivity index (χ4v) is 3.37. The number of anilines is 1. The van der Waals surface area contributed by atoms with Crippen molar-refractivity contribution in [1.29, 1.82) is 0 Å². The Kier molecular flexibility index (Phi) is 3.94. The second-order valence-electron chi connectivity index (χ2n) is 5.44. The van der Waals surface area contributed by atoms with Gasteiger partial charge in [0.15, 0.2) is 5.65 Å². The van der Waals surface area contributed by atoms with Gasteiger partial charge in [-0.2, -0.15) is 5.10 Å². The topological polar surface area (TPSA) is 96.6 Å². The van der Waals surface area contributed by atoms with E-state index in [2.05, 4.69) is 15.4 Å². The van der Waals surface area contributed by atoms with Crippen LogP contribution in [0.3, 0.4) is 0 Å². The molecule has 0 aliphatic rings. The lowest BCUT2D eigenvalue weighted by atomic mass is 10.1. The molecule has 0 aliphatic heterocycles. The zero-order valence-electron chi connectivity index (χ0n) is 13.3. The van der Waals surface area contributed by atoms with Gasteiger partial charge in [-0.1, -0.05) is 18.2 Å². The highest BCUT2D eigenvalue weighted by Crippen LogP contribution is 2.25. The number of carbonyl (C=O) groups excluding carboxylic acids is 1. The zero-order valence-corrected chi connectivity index (χ0v) is 14.1. The van der Waals surface area contributed by atoms with Gasteiger partial charge in [0.25, 0.3) is 0 Å². The van der Waals surface area contributed by atoms with Crippen LogP contribution in [0.5, 0.6) is 0 Å². The Bertz CT molecular complexity index is 1120. The van der Waals surface area contributed by atoms with E-state index < -0.39 is 6.09 Å². The van der Waals surface area contributed by atoms with Crippen molar-refractivity contribution >= 4 is 34.5 Å². The van der Waals surface area contributed by atoms with Crippen molar-refractivity contribution in [3.8, 4) is 11.3 Å². The molecule has 0 fully saturated rings. The van der Waals surface area contributed by atoms with Crippen LogP contribution in [0.15, 0.2) is 60.2 Å².